The first-order chi connectivity index (χ1) is 12.0. The molecule has 130 valence electrons. The molecule has 0 aliphatic rings. The zero-order chi connectivity index (χ0) is 18.2. The van der Waals surface area contributed by atoms with Crippen LogP contribution in [0.4, 0.5) is 5.69 Å². The molecule has 2 aromatic rings. The fourth-order valence-electron chi connectivity index (χ4n) is 2.22. The molecule has 0 aliphatic carbocycles. The lowest BCUT2D eigenvalue weighted by atomic mass is 10.0. The Kier molecular flexibility index (Phi) is 6.28. The van der Waals surface area contributed by atoms with Crippen molar-refractivity contribution in [2.24, 2.45) is 0 Å². The molecule has 6 nitrogen and oxygen atoms in total. The Bertz CT molecular complexity index is 742. The van der Waals surface area contributed by atoms with Crippen LogP contribution in [-0.4, -0.2) is 30.3 Å². The van der Waals surface area contributed by atoms with Gasteiger partial charge in [0.1, 0.15) is 0 Å². The molecule has 6 heteroatoms. The third-order valence-electron chi connectivity index (χ3n) is 3.59. The van der Waals surface area contributed by atoms with Crippen molar-refractivity contribution in [1.29, 1.82) is 0 Å². The van der Waals surface area contributed by atoms with Gasteiger partial charge in [0.25, 0.3) is 5.91 Å². The number of ether oxygens (including phenoxy) is 1. The molecule has 3 N–H and O–H groups in total. The maximum atomic E-state index is 12.0. The number of anilines is 1. The fourth-order valence-corrected chi connectivity index (χ4v) is 2.22. The molecular formula is C19H20N2O4. The van der Waals surface area contributed by atoms with E-state index in [9.17, 15) is 14.4 Å². The van der Waals surface area contributed by atoms with E-state index in [1.807, 2.05) is 30.3 Å². The molecule has 0 bridgehead atoms. The van der Waals surface area contributed by atoms with Gasteiger partial charge in [-0.1, -0.05) is 30.3 Å². The van der Waals surface area contributed by atoms with Crippen molar-refractivity contribution in [2.45, 2.75) is 19.4 Å². The van der Waals surface area contributed by atoms with E-state index in [1.165, 1.54) is 19.1 Å². The van der Waals surface area contributed by atoms with Gasteiger partial charge in [0.05, 0.1) is 11.6 Å². The summed E-state index contributed by atoms with van der Waals surface area (Å²) in [7, 11) is 0. The number of ketones is 1. The number of hydrogen-bond donors (Lipinski definition) is 2. The first-order valence-corrected chi connectivity index (χ1v) is 7.82. The molecule has 0 aliphatic heterocycles. The van der Waals surface area contributed by atoms with Gasteiger partial charge in [0, 0.05) is 5.69 Å². The third kappa shape index (κ3) is 5.76. The summed E-state index contributed by atoms with van der Waals surface area (Å²) in [6.07, 6.45) is 0.383. The van der Waals surface area contributed by atoms with Gasteiger partial charge in [-0.3, -0.25) is 9.59 Å². The molecular weight excluding hydrogens is 320 g/mol. The first kappa shape index (κ1) is 18.2. The molecule has 0 saturated carbocycles. The molecule has 0 saturated heterocycles. The molecule has 25 heavy (non-hydrogen) atoms. The van der Waals surface area contributed by atoms with E-state index in [0.29, 0.717) is 17.7 Å². The molecule has 1 amide bonds. The van der Waals surface area contributed by atoms with Crippen molar-refractivity contribution in [3.8, 4) is 0 Å². The maximum absolute atomic E-state index is 12.0. The van der Waals surface area contributed by atoms with Gasteiger partial charge in [-0.15, -0.1) is 0 Å². The Morgan fingerprint density at radius 2 is 1.68 bits per heavy atom. The number of carbonyl (C=O) groups excluding carboxylic acids is 3. The molecule has 0 spiro atoms. The average Bonchev–Trinajstić information content (AvgIpc) is 2.60. The van der Waals surface area contributed by atoms with Gasteiger partial charge in [0.15, 0.2) is 12.4 Å². The predicted molar refractivity (Wildman–Crippen MR) is 93.9 cm³/mol. The Morgan fingerprint density at radius 1 is 1.04 bits per heavy atom. The first-order valence-electron chi connectivity index (χ1n) is 7.82. The Balaban J connectivity index is 1.87. The average molecular weight is 340 g/mol. The van der Waals surface area contributed by atoms with E-state index in [0.717, 1.165) is 5.56 Å². The number of nitrogens with two attached hydrogens (primary N) is 1. The summed E-state index contributed by atoms with van der Waals surface area (Å²) in [5.74, 6) is -1.32. The van der Waals surface area contributed by atoms with Crippen molar-refractivity contribution in [3.05, 3.63) is 65.7 Å². The highest BCUT2D eigenvalue weighted by Crippen LogP contribution is 2.07. The zero-order valence-corrected chi connectivity index (χ0v) is 13.9. The van der Waals surface area contributed by atoms with E-state index in [-0.39, 0.29) is 5.78 Å². The SMILES string of the molecule is CC(=O)[C@@H](Cc1ccccc1)NC(=O)COC(=O)c1ccc(N)cc1. The van der Waals surface area contributed by atoms with E-state index in [2.05, 4.69) is 5.32 Å². The van der Waals surface area contributed by atoms with E-state index < -0.39 is 24.5 Å². The Hall–Kier alpha value is -3.15. The lowest BCUT2D eigenvalue weighted by molar-refractivity contribution is -0.128. The highest BCUT2D eigenvalue weighted by molar-refractivity contribution is 5.92. The van der Waals surface area contributed by atoms with E-state index >= 15 is 0 Å². The largest absolute Gasteiger partial charge is 0.452 e. The van der Waals surface area contributed by atoms with Crippen LogP contribution in [0.5, 0.6) is 0 Å². The van der Waals surface area contributed by atoms with Crippen molar-refractivity contribution >= 4 is 23.3 Å². The standard InChI is InChI=1S/C19H20N2O4/c1-13(22)17(11-14-5-3-2-4-6-14)21-18(23)12-25-19(24)15-7-9-16(20)10-8-15/h2-10,17H,11-12,20H2,1H3,(H,21,23)/t17-/m1/s1. The van der Waals surface area contributed by atoms with Crippen LogP contribution in [0.2, 0.25) is 0 Å². The van der Waals surface area contributed by atoms with Crippen molar-refractivity contribution in [1.82, 2.24) is 5.32 Å². The molecule has 1 atom stereocenters. The highest BCUT2D eigenvalue weighted by atomic mass is 16.5. The van der Waals surface area contributed by atoms with Gasteiger partial charge in [-0.05, 0) is 43.2 Å². The van der Waals surface area contributed by atoms with Gasteiger partial charge in [-0.25, -0.2) is 4.79 Å². The lowest BCUT2D eigenvalue weighted by Crippen LogP contribution is -2.43. The van der Waals surface area contributed by atoms with Crippen LogP contribution in [-0.2, 0) is 20.7 Å². The monoisotopic (exact) mass is 340 g/mol. The van der Waals surface area contributed by atoms with E-state index in [4.69, 9.17) is 10.5 Å². The van der Waals surface area contributed by atoms with Gasteiger partial charge in [0.2, 0.25) is 0 Å². The molecule has 0 unspecified atom stereocenters. The van der Waals surface area contributed by atoms with Crippen LogP contribution < -0.4 is 11.1 Å². The minimum Gasteiger partial charge on any atom is -0.452 e. The van der Waals surface area contributed by atoms with Crippen LogP contribution in [0.1, 0.15) is 22.8 Å². The fraction of sp³-hybridized carbons (Fsp3) is 0.211. The number of esters is 1. The second kappa shape index (κ2) is 8.63. The quantitative estimate of drug-likeness (QED) is 0.591. The summed E-state index contributed by atoms with van der Waals surface area (Å²) < 4.78 is 4.96. The van der Waals surface area contributed by atoms with Crippen LogP contribution in [0.3, 0.4) is 0 Å². The van der Waals surface area contributed by atoms with Crippen LogP contribution >= 0.6 is 0 Å². The van der Waals surface area contributed by atoms with Gasteiger partial charge < -0.3 is 15.8 Å². The molecule has 0 fully saturated rings. The van der Waals surface area contributed by atoms with Crippen molar-refractivity contribution in [3.63, 3.8) is 0 Å². The minimum atomic E-state index is -0.662. The zero-order valence-electron chi connectivity index (χ0n) is 13.9. The van der Waals surface area contributed by atoms with Crippen LogP contribution in [0.15, 0.2) is 54.6 Å². The second-order valence-corrected chi connectivity index (χ2v) is 5.62. The number of hydrogen-bond acceptors (Lipinski definition) is 5. The number of rotatable bonds is 7. The summed E-state index contributed by atoms with van der Waals surface area (Å²) in [6.45, 7) is 0.954. The van der Waals surface area contributed by atoms with Crippen molar-refractivity contribution in [2.75, 3.05) is 12.3 Å². The predicted octanol–water partition coefficient (Wildman–Crippen LogP) is 1.74. The number of nitrogen functional groups attached to an aromatic ring is 1. The van der Waals surface area contributed by atoms with Crippen LogP contribution in [0.25, 0.3) is 0 Å². The van der Waals surface area contributed by atoms with Gasteiger partial charge >= 0.3 is 5.97 Å². The van der Waals surface area contributed by atoms with Crippen molar-refractivity contribution < 1.29 is 19.1 Å². The number of nitrogens with one attached hydrogen (secondary N) is 1. The number of benzene rings is 2. The summed E-state index contributed by atoms with van der Waals surface area (Å²) in [5, 5.41) is 2.60. The summed E-state index contributed by atoms with van der Waals surface area (Å²) in [4.78, 5) is 35.6. The normalized spacial score (nSPS) is 11.4. The number of carbonyl (C=O) groups is 3. The number of amides is 1. The maximum Gasteiger partial charge on any atom is 0.338 e. The molecule has 0 heterocycles. The Labute approximate surface area is 146 Å². The third-order valence-corrected chi connectivity index (χ3v) is 3.59. The molecule has 0 radical (unpaired) electrons. The minimum absolute atomic E-state index is 0.165. The highest BCUT2D eigenvalue weighted by Gasteiger charge is 2.18. The van der Waals surface area contributed by atoms with Gasteiger partial charge in [-0.2, -0.15) is 0 Å². The summed E-state index contributed by atoms with van der Waals surface area (Å²) >= 11 is 0. The summed E-state index contributed by atoms with van der Waals surface area (Å²) in [5.41, 5.74) is 7.31. The molecule has 2 rings (SSSR count). The molecule has 0 aromatic heterocycles. The van der Waals surface area contributed by atoms with Crippen LogP contribution in [0, 0.1) is 0 Å². The number of Topliss-reactive ketones (excluding diaryl/α,β-unsaturated/α-hetero) is 1. The lowest BCUT2D eigenvalue weighted by Gasteiger charge is -2.16. The Morgan fingerprint density at radius 3 is 2.28 bits per heavy atom. The molecule has 2 aromatic carbocycles. The van der Waals surface area contributed by atoms with E-state index in [1.54, 1.807) is 12.1 Å². The second-order valence-electron chi connectivity index (χ2n) is 5.62. The summed E-state index contributed by atoms with van der Waals surface area (Å²) in [6, 6.07) is 14.9. The topological polar surface area (TPSA) is 98.5 Å². The smallest absolute Gasteiger partial charge is 0.338 e.